The first-order valence-corrected chi connectivity index (χ1v) is 7.61. The molecule has 1 heterocycles. The summed E-state index contributed by atoms with van der Waals surface area (Å²) >= 11 is 4.79. The first-order chi connectivity index (χ1) is 10.1. The van der Waals surface area contributed by atoms with Crippen molar-refractivity contribution in [2.24, 2.45) is 0 Å². The molecule has 1 amide bonds. The van der Waals surface area contributed by atoms with Gasteiger partial charge in [-0.1, -0.05) is 0 Å². The van der Waals surface area contributed by atoms with E-state index in [1.54, 1.807) is 37.5 Å². The van der Waals surface area contributed by atoms with Crippen LogP contribution < -0.4 is 10.1 Å². The van der Waals surface area contributed by atoms with Gasteiger partial charge in [0.1, 0.15) is 17.4 Å². The van der Waals surface area contributed by atoms with Gasteiger partial charge in [-0.15, -0.1) is 11.3 Å². The normalized spacial score (nSPS) is 10.8. The molecule has 0 atom stereocenters. The zero-order chi connectivity index (χ0) is 15.2. The van der Waals surface area contributed by atoms with Crippen molar-refractivity contribution >= 4 is 44.9 Å². The molecule has 4 nitrogen and oxygen atoms in total. The van der Waals surface area contributed by atoms with Gasteiger partial charge in [-0.05, 0) is 52.3 Å². The third kappa shape index (κ3) is 4.18. The van der Waals surface area contributed by atoms with Gasteiger partial charge < -0.3 is 10.1 Å². The van der Waals surface area contributed by atoms with E-state index in [4.69, 9.17) is 10.00 Å². The second-order valence-electron chi connectivity index (χ2n) is 4.02. The van der Waals surface area contributed by atoms with Gasteiger partial charge in [0.15, 0.2) is 0 Å². The van der Waals surface area contributed by atoms with Crippen LogP contribution in [-0.4, -0.2) is 13.0 Å². The highest BCUT2D eigenvalue weighted by Crippen LogP contribution is 2.22. The maximum Gasteiger partial charge on any atom is 0.266 e. The van der Waals surface area contributed by atoms with Crippen molar-refractivity contribution < 1.29 is 9.53 Å². The molecular weight excluding hydrogens is 352 g/mol. The van der Waals surface area contributed by atoms with Crippen LogP contribution in [0.2, 0.25) is 0 Å². The molecule has 0 unspecified atom stereocenters. The number of nitrogens with one attached hydrogen (secondary N) is 1. The Morgan fingerprint density at radius 2 is 2.14 bits per heavy atom. The molecule has 1 aromatic carbocycles. The summed E-state index contributed by atoms with van der Waals surface area (Å²) < 4.78 is 5.97. The van der Waals surface area contributed by atoms with Crippen LogP contribution in [0.1, 0.15) is 4.88 Å². The van der Waals surface area contributed by atoms with Crippen molar-refractivity contribution in [2.75, 3.05) is 12.4 Å². The number of ether oxygens (including phenoxy) is 1. The van der Waals surface area contributed by atoms with Crippen molar-refractivity contribution in [3.63, 3.8) is 0 Å². The lowest BCUT2D eigenvalue weighted by Crippen LogP contribution is -2.13. The smallest absolute Gasteiger partial charge is 0.266 e. The average molecular weight is 363 g/mol. The SMILES string of the molecule is COc1ccc(NC(=O)C(C#N)=Cc2cc(Br)cs2)cc1. The molecule has 21 heavy (non-hydrogen) atoms. The molecule has 2 rings (SSSR count). The molecule has 1 N–H and O–H groups in total. The fourth-order valence-corrected chi connectivity index (χ4v) is 2.94. The van der Waals surface area contributed by atoms with Crippen molar-refractivity contribution in [1.82, 2.24) is 0 Å². The molecule has 106 valence electrons. The van der Waals surface area contributed by atoms with Crippen LogP contribution in [0.15, 0.2) is 45.8 Å². The minimum absolute atomic E-state index is 0.0557. The van der Waals surface area contributed by atoms with E-state index in [1.165, 1.54) is 11.3 Å². The first kappa shape index (κ1) is 15.3. The second-order valence-corrected chi connectivity index (χ2v) is 5.88. The van der Waals surface area contributed by atoms with Crippen molar-refractivity contribution in [3.05, 3.63) is 50.6 Å². The molecule has 0 saturated carbocycles. The fraction of sp³-hybridized carbons (Fsp3) is 0.0667. The first-order valence-electron chi connectivity index (χ1n) is 5.93. The lowest BCUT2D eigenvalue weighted by Gasteiger charge is -2.05. The molecule has 0 aliphatic rings. The third-order valence-electron chi connectivity index (χ3n) is 2.59. The number of benzene rings is 1. The maximum absolute atomic E-state index is 12.1. The Hall–Kier alpha value is -2.10. The molecule has 0 aliphatic carbocycles. The van der Waals surface area contributed by atoms with Gasteiger partial charge in [0, 0.05) is 20.4 Å². The van der Waals surface area contributed by atoms with Crippen LogP contribution in [0.4, 0.5) is 5.69 Å². The summed E-state index contributed by atoms with van der Waals surface area (Å²) in [6.45, 7) is 0. The third-order valence-corrected chi connectivity index (χ3v) is 4.23. The Balaban J connectivity index is 2.13. The predicted octanol–water partition coefficient (Wildman–Crippen LogP) is 4.06. The lowest BCUT2D eigenvalue weighted by atomic mass is 10.2. The number of hydrogen-bond acceptors (Lipinski definition) is 4. The van der Waals surface area contributed by atoms with E-state index in [9.17, 15) is 4.79 Å². The summed E-state index contributed by atoms with van der Waals surface area (Å²) in [7, 11) is 1.57. The number of amides is 1. The fourth-order valence-electron chi connectivity index (χ4n) is 1.57. The van der Waals surface area contributed by atoms with Crippen molar-refractivity contribution in [1.29, 1.82) is 5.26 Å². The van der Waals surface area contributed by atoms with E-state index >= 15 is 0 Å². The van der Waals surface area contributed by atoms with Crippen molar-refractivity contribution in [2.45, 2.75) is 0 Å². The molecule has 0 saturated heterocycles. The van der Waals surface area contributed by atoms with E-state index in [0.717, 1.165) is 9.35 Å². The Morgan fingerprint density at radius 1 is 1.43 bits per heavy atom. The number of nitrogens with zero attached hydrogens (tertiary/aromatic N) is 1. The summed E-state index contributed by atoms with van der Waals surface area (Å²) in [5.41, 5.74) is 0.662. The molecule has 0 spiro atoms. The van der Waals surface area contributed by atoms with E-state index in [1.807, 2.05) is 17.5 Å². The summed E-state index contributed by atoms with van der Waals surface area (Å²) in [5, 5.41) is 13.7. The number of methoxy groups -OCH3 is 1. The van der Waals surface area contributed by atoms with Gasteiger partial charge >= 0.3 is 0 Å². The van der Waals surface area contributed by atoms with Crippen LogP contribution in [0.25, 0.3) is 6.08 Å². The molecule has 1 aromatic heterocycles. The van der Waals surface area contributed by atoms with E-state index < -0.39 is 5.91 Å². The van der Waals surface area contributed by atoms with E-state index in [2.05, 4.69) is 21.2 Å². The number of halogens is 1. The topological polar surface area (TPSA) is 62.1 Å². The van der Waals surface area contributed by atoms with Crippen LogP contribution in [0.3, 0.4) is 0 Å². The summed E-state index contributed by atoms with van der Waals surface area (Å²) in [6.07, 6.45) is 1.56. The zero-order valence-corrected chi connectivity index (χ0v) is 13.5. The van der Waals surface area contributed by atoms with Gasteiger partial charge in [-0.3, -0.25) is 4.79 Å². The number of anilines is 1. The number of rotatable bonds is 4. The van der Waals surface area contributed by atoms with E-state index in [-0.39, 0.29) is 5.57 Å². The molecular formula is C15H11BrN2O2S. The maximum atomic E-state index is 12.1. The summed E-state index contributed by atoms with van der Waals surface area (Å²) in [6, 6.07) is 10.7. The number of carbonyl (C=O) groups is 1. The number of nitriles is 1. The van der Waals surface area contributed by atoms with E-state index in [0.29, 0.717) is 11.4 Å². The Bertz CT molecular complexity index is 714. The van der Waals surface area contributed by atoms with Gasteiger partial charge in [-0.2, -0.15) is 5.26 Å². The van der Waals surface area contributed by atoms with Gasteiger partial charge in [0.2, 0.25) is 0 Å². The number of thiophene rings is 1. The highest BCUT2D eigenvalue weighted by atomic mass is 79.9. The minimum Gasteiger partial charge on any atom is -0.497 e. The van der Waals surface area contributed by atoms with Crippen LogP contribution in [0.5, 0.6) is 5.75 Å². The molecule has 6 heteroatoms. The van der Waals surface area contributed by atoms with Gasteiger partial charge in [0.05, 0.1) is 7.11 Å². The molecule has 0 radical (unpaired) electrons. The highest BCUT2D eigenvalue weighted by Gasteiger charge is 2.10. The molecule has 2 aromatic rings. The quantitative estimate of drug-likeness (QED) is 0.658. The van der Waals surface area contributed by atoms with Crippen LogP contribution >= 0.6 is 27.3 Å². The summed E-state index contributed by atoms with van der Waals surface area (Å²) in [5.74, 6) is 0.264. The Morgan fingerprint density at radius 3 is 2.67 bits per heavy atom. The summed E-state index contributed by atoms with van der Waals surface area (Å²) in [4.78, 5) is 12.9. The van der Waals surface area contributed by atoms with Crippen molar-refractivity contribution in [3.8, 4) is 11.8 Å². The number of carbonyl (C=O) groups excluding carboxylic acids is 1. The monoisotopic (exact) mass is 362 g/mol. The standard InChI is InChI=1S/C15H11BrN2O2S/c1-20-13-4-2-12(3-5-13)18-15(19)10(8-17)6-14-7-11(16)9-21-14/h2-7,9H,1H3,(H,18,19). The average Bonchev–Trinajstić information content (AvgIpc) is 2.90. The lowest BCUT2D eigenvalue weighted by molar-refractivity contribution is -0.112. The Kier molecular flexibility index (Phi) is 5.14. The van der Waals surface area contributed by atoms with Gasteiger partial charge in [0.25, 0.3) is 5.91 Å². The zero-order valence-electron chi connectivity index (χ0n) is 11.1. The molecule has 0 aliphatic heterocycles. The minimum atomic E-state index is -0.438. The second kappa shape index (κ2) is 7.07. The number of hydrogen-bond donors (Lipinski definition) is 1. The highest BCUT2D eigenvalue weighted by molar-refractivity contribution is 9.10. The van der Waals surface area contributed by atoms with Crippen LogP contribution in [-0.2, 0) is 4.79 Å². The largest absolute Gasteiger partial charge is 0.497 e. The molecule has 0 fully saturated rings. The van der Waals surface area contributed by atoms with Gasteiger partial charge in [-0.25, -0.2) is 0 Å². The predicted molar refractivity (Wildman–Crippen MR) is 87.2 cm³/mol. The van der Waals surface area contributed by atoms with Crippen LogP contribution in [0, 0.1) is 11.3 Å². The molecule has 0 bridgehead atoms. The Labute approximate surface area is 134 Å².